The number of nitrogens with zero attached hydrogens (tertiary/aromatic N) is 2. The maximum Gasteiger partial charge on any atom is 0.256 e. The van der Waals surface area contributed by atoms with Crippen molar-refractivity contribution in [3.63, 3.8) is 0 Å². The maximum atomic E-state index is 13.0. The van der Waals surface area contributed by atoms with Gasteiger partial charge in [-0.15, -0.1) is 0 Å². The van der Waals surface area contributed by atoms with Gasteiger partial charge in [0.25, 0.3) is 5.91 Å². The molecule has 2 aliphatic heterocycles. The quantitative estimate of drug-likeness (QED) is 0.735. The molecule has 1 saturated heterocycles. The lowest BCUT2D eigenvalue weighted by atomic mass is 9.92. The minimum atomic E-state index is 0.0703. The summed E-state index contributed by atoms with van der Waals surface area (Å²) in [5.41, 5.74) is 1.49. The molecular formula is C23H28N2O3. The molecule has 4 rings (SSSR count). The van der Waals surface area contributed by atoms with Crippen LogP contribution >= 0.6 is 0 Å². The van der Waals surface area contributed by atoms with E-state index in [2.05, 4.69) is 25.8 Å². The number of carbonyl (C=O) groups excluding carboxylic acids is 1. The average molecular weight is 380 g/mol. The van der Waals surface area contributed by atoms with Crippen molar-refractivity contribution in [2.45, 2.75) is 46.1 Å². The van der Waals surface area contributed by atoms with Crippen molar-refractivity contribution in [3.05, 3.63) is 29.8 Å². The first-order chi connectivity index (χ1) is 13.4. The molecule has 1 unspecified atom stereocenters. The first-order valence-corrected chi connectivity index (χ1v) is 10.1. The molecule has 1 fully saturated rings. The lowest BCUT2D eigenvalue weighted by molar-refractivity contribution is 0.0775. The Morgan fingerprint density at radius 3 is 2.68 bits per heavy atom. The summed E-state index contributed by atoms with van der Waals surface area (Å²) >= 11 is 0. The maximum absolute atomic E-state index is 13.0. The van der Waals surface area contributed by atoms with Crippen molar-refractivity contribution < 1.29 is 14.3 Å². The Hall–Kier alpha value is -2.56. The van der Waals surface area contributed by atoms with Crippen LogP contribution in [0, 0.1) is 5.41 Å². The summed E-state index contributed by atoms with van der Waals surface area (Å²) in [6.07, 6.45) is 4.98. The van der Waals surface area contributed by atoms with Gasteiger partial charge in [0.15, 0.2) is 11.5 Å². The Kier molecular flexibility index (Phi) is 4.77. The van der Waals surface area contributed by atoms with Crippen molar-refractivity contribution in [1.29, 1.82) is 0 Å². The van der Waals surface area contributed by atoms with Gasteiger partial charge in [-0.25, -0.2) is 0 Å². The molecular weight excluding hydrogens is 352 g/mol. The van der Waals surface area contributed by atoms with Crippen LogP contribution < -0.4 is 9.47 Å². The molecule has 28 heavy (non-hydrogen) atoms. The Bertz CT molecular complexity index is 949. The number of benzene rings is 2. The van der Waals surface area contributed by atoms with Gasteiger partial charge in [0.05, 0.1) is 31.0 Å². The number of ether oxygens (including phenoxy) is 2. The molecule has 0 radical (unpaired) electrons. The topological polar surface area (TPSA) is 51.1 Å². The Morgan fingerprint density at radius 1 is 1.18 bits per heavy atom. The fourth-order valence-electron chi connectivity index (χ4n) is 3.74. The number of carbonyl (C=O) groups is 1. The molecule has 1 atom stereocenters. The fourth-order valence-corrected chi connectivity index (χ4v) is 3.74. The van der Waals surface area contributed by atoms with E-state index in [1.54, 1.807) is 7.11 Å². The molecule has 0 spiro atoms. The summed E-state index contributed by atoms with van der Waals surface area (Å²) in [4.78, 5) is 19.6. The van der Waals surface area contributed by atoms with Gasteiger partial charge in [0.1, 0.15) is 0 Å². The normalized spacial score (nSPS) is 18.8. The van der Waals surface area contributed by atoms with Crippen molar-refractivity contribution in [2.75, 3.05) is 20.3 Å². The minimum Gasteiger partial charge on any atom is -0.493 e. The molecule has 2 aromatic rings. The highest BCUT2D eigenvalue weighted by Crippen LogP contribution is 2.38. The number of methoxy groups -OCH3 is 1. The monoisotopic (exact) mass is 380 g/mol. The van der Waals surface area contributed by atoms with E-state index in [9.17, 15) is 4.79 Å². The van der Waals surface area contributed by atoms with Crippen LogP contribution in [0.15, 0.2) is 29.3 Å². The molecule has 0 N–H and O–H groups in total. The van der Waals surface area contributed by atoms with Crippen molar-refractivity contribution in [2.24, 2.45) is 10.4 Å². The standard InChI is InChI=1S/C23H28N2O3/c1-5-23(2,3)14-28-21-12-16-10-19-18(9-15(16)11-20(21)27-4)22(26)25-8-6-7-17(25)13-24-19/h9-13,17H,5-8,14H2,1-4H3. The highest BCUT2D eigenvalue weighted by molar-refractivity contribution is 6.07. The SMILES string of the molecule is CCC(C)(C)COc1cc2cc3c(cc2cc1OC)C(=O)N1CCCC1C=N3. The number of aliphatic imine (C=N–C) groups is 1. The molecule has 0 aliphatic carbocycles. The van der Waals surface area contributed by atoms with Crippen LogP contribution in [0.4, 0.5) is 5.69 Å². The first kappa shape index (κ1) is 18.8. The van der Waals surface area contributed by atoms with E-state index in [-0.39, 0.29) is 17.4 Å². The van der Waals surface area contributed by atoms with Crippen LogP contribution in [-0.2, 0) is 0 Å². The number of fused-ring (bicyclic) bond motifs is 3. The second-order valence-electron chi connectivity index (χ2n) is 8.51. The van der Waals surface area contributed by atoms with Gasteiger partial charge >= 0.3 is 0 Å². The van der Waals surface area contributed by atoms with Crippen molar-refractivity contribution >= 4 is 28.6 Å². The second kappa shape index (κ2) is 7.12. The summed E-state index contributed by atoms with van der Waals surface area (Å²) in [5.74, 6) is 1.48. The third kappa shape index (κ3) is 3.34. The summed E-state index contributed by atoms with van der Waals surface area (Å²) in [6, 6.07) is 7.98. The predicted octanol–water partition coefficient (Wildman–Crippen LogP) is 4.98. The molecule has 0 saturated carbocycles. The van der Waals surface area contributed by atoms with Crippen molar-refractivity contribution in [3.8, 4) is 11.5 Å². The Morgan fingerprint density at radius 2 is 1.93 bits per heavy atom. The van der Waals surface area contributed by atoms with Gasteiger partial charge in [-0.05, 0) is 59.7 Å². The third-order valence-electron chi connectivity index (χ3n) is 5.99. The van der Waals surface area contributed by atoms with E-state index in [0.717, 1.165) is 48.0 Å². The highest BCUT2D eigenvalue weighted by Gasteiger charge is 2.31. The van der Waals surface area contributed by atoms with Crippen LogP contribution in [-0.4, -0.2) is 43.3 Å². The predicted molar refractivity (Wildman–Crippen MR) is 112 cm³/mol. The van der Waals surface area contributed by atoms with E-state index in [0.29, 0.717) is 17.9 Å². The summed E-state index contributed by atoms with van der Waals surface area (Å²) < 4.78 is 11.7. The van der Waals surface area contributed by atoms with Crippen LogP contribution in [0.1, 0.15) is 50.4 Å². The zero-order valence-corrected chi connectivity index (χ0v) is 17.1. The van der Waals surface area contributed by atoms with E-state index < -0.39 is 0 Å². The lowest BCUT2D eigenvalue weighted by Gasteiger charge is -2.23. The molecule has 2 aliphatic rings. The van der Waals surface area contributed by atoms with E-state index in [1.807, 2.05) is 35.4 Å². The molecule has 0 aromatic heterocycles. The number of hydrogen-bond donors (Lipinski definition) is 0. The Labute approximate surface area is 166 Å². The molecule has 5 heteroatoms. The summed E-state index contributed by atoms with van der Waals surface area (Å²) in [6.45, 7) is 7.95. The number of rotatable bonds is 5. The molecule has 2 heterocycles. The van der Waals surface area contributed by atoms with Gasteiger partial charge in [-0.3, -0.25) is 9.79 Å². The van der Waals surface area contributed by atoms with Crippen molar-refractivity contribution in [1.82, 2.24) is 4.90 Å². The molecule has 0 bridgehead atoms. The zero-order chi connectivity index (χ0) is 19.9. The molecule has 148 valence electrons. The Balaban J connectivity index is 1.75. The van der Waals surface area contributed by atoms with E-state index >= 15 is 0 Å². The molecule has 5 nitrogen and oxygen atoms in total. The van der Waals surface area contributed by atoms with Crippen LogP contribution in [0.2, 0.25) is 0 Å². The van der Waals surface area contributed by atoms with Crippen LogP contribution in [0.25, 0.3) is 10.8 Å². The first-order valence-electron chi connectivity index (χ1n) is 10.1. The lowest BCUT2D eigenvalue weighted by Crippen LogP contribution is -2.35. The largest absolute Gasteiger partial charge is 0.493 e. The minimum absolute atomic E-state index is 0.0703. The smallest absolute Gasteiger partial charge is 0.256 e. The fraction of sp³-hybridized carbons (Fsp3) is 0.478. The van der Waals surface area contributed by atoms with Gasteiger partial charge in [0.2, 0.25) is 0 Å². The van der Waals surface area contributed by atoms with Gasteiger partial charge in [0, 0.05) is 12.8 Å². The number of amides is 1. The molecule has 1 amide bonds. The summed E-state index contributed by atoms with van der Waals surface area (Å²) in [5, 5.41) is 1.95. The highest BCUT2D eigenvalue weighted by atomic mass is 16.5. The average Bonchev–Trinajstić information content (AvgIpc) is 3.13. The summed E-state index contributed by atoms with van der Waals surface area (Å²) in [7, 11) is 1.65. The van der Waals surface area contributed by atoms with E-state index in [1.165, 1.54) is 0 Å². The molecule has 2 aromatic carbocycles. The second-order valence-corrected chi connectivity index (χ2v) is 8.51. The number of hydrogen-bond acceptors (Lipinski definition) is 4. The zero-order valence-electron chi connectivity index (χ0n) is 17.1. The van der Waals surface area contributed by atoms with Gasteiger partial charge in [-0.1, -0.05) is 20.8 Å². The van der Waals surface area contributed by atoms with Gasteiger partial charge < -0.3 is 14.4 Å². The third-order valence-corrected chi connectivity index (χ3v) is 5.99. The van der Waals surface area contributed by atoms with Gasteiger partial charge in [-0.2, -0.15) is 0 Å². The van der Waals surface area contributed by atoms with Crippen LogP contribution in [0.3, 0.4) is 0 Å². The van der Waals surface area contributed by atoms with E-state index in [4.69, 9.17) is 9.47 Å². The van der Waals surface area contributed by atoms with Crippen LogP contribution in [0.5, 0.6) is 11.5 Å².